The minimum atomic E-state index is -5.19. The van der Waals surface area contributed by atoms with E-state index < -0.39 is 35.0 Å². The first kappa shape index (κ1) is 25.8. The molecule has 0 unspecified atom stereocenters. The number of hydrogen-bond acceptors (Lipinski definition) is 1. The van der Waals surface area contributed by atoms with E-state index in [1.807, 2.05) is 0 Å². The standard InChI is InChI=1S/C26H20F7IO/c27-22-13-18(14-23(28)24(22)25(29,30)31)17-1-7-19(8-2-17)26(32,33)35-21-11-5-16(6-12-21)15-3-9-20(34)10-4-15/h1-2,5-8,11-15,20H,3-4,9-10H2. The van der Waals surface area contributed by atoms with Gasteiger partial charge in [0.1, 0.15) is 22.9 Å². The summed E-state index contributed by atoms with van der Waals surface area (Å²) in [5.41, 5.74) is -1.57. The molecule has 186 valence electrons. The first-order chi connectivity index (χ1) is 16.4. The number of ether oxygens (including phenoxy) is 1. The summed E-state index contributed by atoms with van der Waals surface area (Å²) in [7, 11) is 0. The third-order valence-electron chi connectivity index (χ3n) is 6.13. The molecule has 1 nitrogen and oxygen atoms in total. The van der Waals surface area contributed by atoms with Crippen LogP contribution in [0.2, 0.25) is 0 Å². The molecular formula is C26H20F7IO. The summed E-state index contributed by atoms with van der Waals surface area (Å²) < 4.78 is 101. The molecule has 1 fully saturated rings. The third-order valence-corrected chi connectivity index (χ3v) is 7.38. The maximum Gasteiger partial charge on any atom is 0.426 e. The molecular weight excluding hydrogens is 588 g/mol. The predicted molar refractivity (Wildman–Crippen MR) is 127 cm³/mol. The molecule has 0 aromatic heterocycles. The van der Waals surface area contributed by atoms with Crippen LogP contribution in [0.25, 0.3) is 11.1 Å². The molecule has 4 rings (SSSR count). The first-order valence-corrected chi connectivity index (χ1v) is 12.2. The number of rotatable bonds is 5. The minimum absolute atomic E-state index is 0.0164. The molecule has 0 amide bonds. The van der Waals surface area contributed by atoms with Crippen LogP contribution in [0, 0.1) is 11.6 Å². The number of halogens is 8. The molecule has 0 bridgehead atoms. The van der Waals surface area contributed by atoms with Gasteiger partial charge in [0.05, 0.1) is 5.56 Å². The van der Waals surface area contributed by atoms with E-state index in [2.05, 4.69) is 22.6 Å². The van der Waals surface area contributed by atoms with E-state index >= 15 is 0 Å². The summed E-state index contributed by atoms with van der Waals surface area (Å²) in [6, 6.07) is 11.9. The average Bonchev–Trinajstić information content (AvgIpc) is 2.79. The molecule has 3 aromatic carbocycles. The van der Waals surface area contributed by atoms with E-state index in [1.54, 1.807) is 12.1 Å². The monoisotopic (exact) mass is 608 g/mol. The van der Waals surface area contributed by atoms with Crippen LogP contribution in [-0.4, -0.2) is 3.92 Å². The van der Waals surface area contributed by atoms with Crippen molar-refractivity contribution >= 4 is 22.6 Å². The van der Waals surface area contributed by atoms with E-state index in [0.717, 1.165) is 55.5 Å². The molecule has 0 saturated heterocycles. The zero-order chi connectivity index (χ0) is 25.4. The molecule has 1 aliphatic rings. The lowest BCUT2D eigenvalue weighted by Gasteiger charge is -2.26. The highest BCUT2D eigenvalue weighted by Crippen LogP contribution is 2.39. The van der Waals surface area contributed by atoms with Gasteiger partial charge in [0.25, 0.3) is 0 Å². The molecule has 0 N–H and O–H groups in total. The van der Waals surface area contributed by atoms with Crippen molar-refractivity contribution in [2.24, 2.45) is 0 Å². The molecule has 0 radical (unpaired) electrons. The highest BCUT2D eigenvalue weighted by molar-refractivity contribution is 14.1. The molecule has 1 saturated carbocycles. The topological polar surface area (TPSA) is 9.23 Å². The second-order valence-corrected chi connectivity index (χ2v) is 10.3. The van der Waals surface area contributed by atoms with Gasteiger partial charge in [-0.15, -0.1) is 0 Å². The smallest absolute Gasteiger partial charge is 0.426 e. The van der Waals surface area contributed by atoms with Gasteiger partial charge < -0.3 is 4.74 Å². The van der Waals surface area contributed by atoms with Crippen LogP contribution in [0.5, 0.6) is 5.75 Å². The maximum atomic E-state index is 14.7. The summed E-state index contributed by atoms with van der Waals surface area (Å²) in [6.07, 6.45) is -4.52. The zero-order valence-electron chi connectivity index (χ0n) is 18.2. The second-order valence-electron chi connectivity index (χ2n) is 8.53. The van der Waals surface area contributed by atoms with Gasteiger partial charge in [-0.3, -0.25) is 0 Å². The Morgan fingerprint density at radius 3 is 1.77 bits per heavy atom. The fraction of sp³-hybridized carbons (Fsp3) is 0.308. The van der Waals surface area contributed by atoms with Gasteiger partial charge in [0, 0.05) is 3.92 Å². The Morgan fingerprint density at radius 1 is 0.714 bits per heavy atom. The zero-order valence-corrected chi connectivity index (χ0v) is 20.3. The molecule has 0 atom stereocenters. The fourth-order valence-corrected chi connectivity index (χ4v) is 4.99. The van der Waals surface area contributed by atoms with Gasteiger partial charge in [-0.25, -0.2) is 8.78 Å². The van der Waals surface area contributed by atoms with Gasteiger partial charge in [-0.2, -0.15) is 22.0 Å². The third kappa shape index (κ3) is 5.92. The van der Waals surface area contributed by atoms with E-state index in [1.165, 1.54) is 12.1 Å². The predicted octanol–water partition coefficient (Wildman–Crippen LogP) is 9.24. The normalized spacial score (nSPS) is 19.0. The van der Waals surface area contributed by atoms with Crippen LogP contribution in [-0.2, 0) is 12.3 Å². The van der Waals surface area contributed by atoms with Crippen molar-refractivity contribution in [3.05, 3.63) is 89.0 Å². The van der Waals surface area contributed by atoms with Crippen molar-refractivity contribution in [2.45, 2.75) is 47.8 Å². The molecule has 9 heteroatoms. The largest absolute Gasteiger partial charge is 0.429 e. The molecule has 0 spiro atoms. The van der Waals surface area contributed by atoms with Crippen LogP contribution >= 0.6 is 22.6 Å². The Bertz CT molecular complexity index is 1140. The summed E-state index contributed by atoms with van der Waals surface area (Å²) >= 11 is 2.45. The van der Waals surface area contributed by atoms with Gasteiger partial charge in [-0.05, 0) is 84.7 Å². The quantitative estimate of drug-likeness (QED) is 0.160. The van der Waals surface area contributed by atoms with Crippen molar-refractivity contribution in [1.82, 2.24) is 0 Å². The van der Waals surface area contributed by atoms with E-state index in [9.17, 15) is 30.7 Å². The summed E-state index contributed by atoms with van der Waals surface area (Å²) in [5.74, 6) is -3.17. The summed E-state index contributed by atoms with van der Waals surface area (Å²) in [6.45, 7) is 0. The molecule has 0 heterocycles. The number of benzene rings is 3. The Labute approximate surface area is 211 Å². The van der Waals surface area contributed by atoms with E-state index in [4.69, 9.17) is 4.74 Å². The maximum absolute atomic E-state index is 14.7. The van der Waals surface area contributed by atoms with Gasteiger partial charge in [-0.1, -0.05) is 46.9 Å². The van der Waals surface area contributed by atoms with Gasteiger partial charge in [0.2, 0.25) is 0 Å². The lowest BCUT2D eigenvalue weighted by atomic mass is 9.84. The van der Waals surface area contributed by atoms with Crippen LogP contribution in [0.1, 0.15) is 48.3 Å². The minimum Gasteiger partial charge on any atom is -0.429 e. The Morgan fingerprint density at radius 2 is 1.26 bits per heavy atom. The van der Waals surface area contributed by atoms with Crippen molar-refractivity contribution < 1.29 is 35.5 Å². The van der Waals surface area contributed by atoms with E-state index in [-0.39, 0.29) is 16.9 Å². The first-order valence-electron chi connectivity index (χ1n) is 10.9. The SMILES string of the molecule is Fc1cc(-c2ccc(C(F)(F)Oc3ccc(C4CCC(I)CC4)cc3)cc2)cc(F)c1C(F)(F)F. The number of hydrogen-bond donors (Lipinski definition) is 0. The van der Waals surface area contributed by atoms with Crippen molar-refractivity contribution in [1.29, 1.82) is 0 Å². The van der Waals surface area contributed by atoms with Crippen LogP contribution in [0.3, 0.4) is 0 Å². The number of alkyl halides is 6. The Kier molecular flexibility index (Phi) is 7.36. The van der Waals surface area contributed by atoms with Crippen molar-refractivity contribution in [3.63, 3.8) is 0 Å². The second kappa shape index (κ2) is 9.99. The van der Waals surface area contributed by atoms with Gasteiger partial charge in [0.15, 0.2) is 0 Å². The fourth-order valence-electron chi connectivity index (χ4n) is 4.27. The highest BCUT2D eigenvalue weighted by atomic mass is 127. The molecule has 35 heavy (non-hydrogen) atoms. The Hall–Kier alpha value is -2.30. The molecule has 1 aliphatic carbocycles. The summed E-state index contributed by atoms with van der Waals surface area (Å²) in [4.78, 5) is 0. The Balaban J connectivity index is 1.48. The summed E-state index contributed by atoms with van der Waals surface area (Å²) in [5, 5.41) is 0. The van der Waals surface area contributed by atoms with Crippen molar-refractivity contribution in [2.75, 3.05) is 0 Å². The average molecular weight is 608 g/mol. The molecule has 0 aliphatic heterocycles. The van der Waals surface area contributed by atoms with Gasteiger partial charge >= 0.3 is 12.3 Å². The lowest BCUT2D eigenvalue weighted by Crippen LogP contribution is -2.21. The highest BCUT2D eigenvalue weighted by Gasteiger charge is 2.38. The van der Waals surface area contributed by atoms with E-state index in [0.29, 0.717) is 22.0 Å². The lowest BCUT2D eigenvalue weighted by molar-refractivity contribution is -0.185. The van der Waals surface area contributed by atoms with Crippen LogP contribution in [0.15, 0.2) is 60.7 Å². The van der Waals surface area contributed by atoms with Crippen molar-refractivity contribution in [3.8, 4) is 16.9 Å². The van der Waals surface area contributed by atoms with Crippen LogP contribution in [0.4, 0.5) is 30.7 Å². The molecule has 3 aromatic rings. The van der Waals surface area contributed by atoms with Crippen LogP contribution < -0.4 is 4.74 Å².